The minimum atomic E-state index is -1.48. The van der Waals surface area contributed by atoms with E-state index in [1.807, 2.05) is 0 Å². The Hall–Kier alpha value is -3.26. The summed E-state index contributed by atoms with van der Waals surface area (Å²) in [6.45, 7) is 1.51. The number of hydrogen-bond donors (Lipinski definition) is 2. The molecule has 0 saturated carbocycles. The van der Waals surface area contributed by atoms with E-state index in [-0.39, 0.29) is 11.4 Å². The van der Waals surface area contributed by atoms with E-state index in [1.165, 1.54) is 50.4 Å². The Kier molecular flexibility index (Phi) is 4.38. The van der Waals surface area contributed by atoms with Gasteiger partial charge in [-0.05, 0) is 36.8 Å². The van der Waals surface area contributed by atoms with Crippen LogP contribution in [0.15, 0.2) is 48.5 Å². The first kappa shape index (κ1) is 19.1. The highest BCUT2D eigenvalue weighted by Crippen LogP contribution is 2.50. The van der Waals surface area contributed by atoms with E-state index < -0.39 is 47.0 Å². The minimum Gasteiger partial charge on any atom is -0.508 e. The van der Waals surface area contributed by atoms with Gasteiger partial charge < -0.3 is 9.84 Å². The summed E-state index contributed by atoms with van der Waals surface area (Å²) < 4.78 is 19.3. The van der Waals surface area contributed by atoms with E-state index in [0.29, 0.717) is 5.56 Å². The van der Waals surface area contributed by atoms with Crippen LogP contribution in [-0.2, 0) is 19.1 Å². The van der Waals surface area contributed by atoms with Crippen molar-refractivity contribution >= 4 is 23.5 Å². The first-order chi connectivity index (χ1) is 13.8. The van der Waals surface area contributed by atoms with Gasteiger partial charge in [-0.2, -0.15) is 0 Å². The molecular formula is C21H19FN2O5. The largest absolute Gasteiger partial charge is 0.508 e. The highest BCUT2D eigenvalue weighted by molar-refractivity contribution is 6.24. The van der Waals surface area contributed by atoms with Crippen LogP contribution in [-0.4, -0.2) is 35.5 Å². The predicted molar refractivity (Wildman–Crippen MR) is 100 cm³/mol. The highest BCUT2D eigenvalue weighted by Gasteiger charge is 2.67. The molecule has 0 unspecified atom stereocenters. The standard InChI is InChI=1S/C21H19FN2O5/c1-21(20(28)29-2)16-15(17(23-21)11-7-9-12(25)10-8-11)18(26)24(19(16)27)14-6-4-3-5-13(14)22/h3-10,15-17,23,25H,1-2H3/t15-,16-,17-,21-/m0/s1. The number of esters is 1. The summed E-state index contributed by atoms with van der Waals surface area (Å²) >= 11 is 0. The molecule has 0 spiro atoms. The zero-order valence-corrected chi connectivity index (χ0v) is 15.8. The van der Waals surface area contributed by atoms with Crippen LogP contribution in [0.25, 0.3) is 0 Å². The molecule has 0 aromatic heterocycles. The van der Waals surface area contributed by atoms with Gasteiger partial charge in [0, 0.05) is 6.04 Å². The number of aromatic hydroxyl groups is 1. The Balaban J connectivity index is 1.84. The second-order valence-electron chi connectivity index (χ2n) is 7.37. The number of halogens is 1. The lowest BCUT2D eigenvalue weighted by Gasteiger charge is -2.28. The maximum atomic E-state index is 14.4. The number of ether oxygens (including phenoxy) is 1. The zero-order chi connectivity index (χ0) is 20.9. The van der Waals surface area contributed by atoms with Crippen LogP contribution >= 0.6 is 0 Å². The molecule has 8 heteroatoms. The Morgan fingerprint density at radius 2 is 1.79 bits per heavy atom. The topological polar surface area (TPSA) is 95.9 Å². The highest BCUT2D eigenvalue weighted by atomic mass is 19.1. The van der Waals surface area contributed by atoms with Crippen molar-refractivity contribution in [2.24, 2.45) is 11.8 Å². The van der Waals surface area contributed by atoms with E-state index in [2.05, 4.69) is 5.32 Å². The Bertz CT molecular complexity index is 1010. The molecule has 2 aromatic rings. The van der Waals surface area contributed by atoms with E-state index in [0.717, 1.165) is 4.90 Å². The normalized spacial score (nSPS) is 28.5. The molecule has 2 N–H and O–H groups in total. The lowest BCUT2D eigenvalue weighted by Crippen LogP contribution is -2.54. The number of amides is 2. The molecule has 2 heterocycles. The number of benzene rings is 2. The average Bonchev–Trinajstić information content (AvgIpc) is 3.17. The van der Waals surface area contributed by atoms with Crippen molar-refractivity contribution in [2.75, 3.05) is 12.0 Å². The third kappa shape index (κ3) is 2.71. The molecule has 150 valence electrons. The van der Waals surface area contributed by atoms with E-state index in [1.54, 1.807) is 12.1 Å². The van der Waals surface area contributed by atoms with Crippen LogP contribution in [0.1, 0.15) is 18.5 Å². The van der Waals surface area contributed by atoms with Gasteiger partial charge in [-0.3, -0.25) is 19.7 Å². The fraction of sp³-hybridized carbons (Fsp3) is 0.286. The molecule has 2 saturated heterocycles. The first-order valence-electron chi connectivity index (χ1n) is 9.07. The third-order valence-corrected chi connectivity index (χ3v) is 5.74. The number of carbonyl (C=O) groups excluding carboxylic acids is 3. The summed E-state index contributed by atoms with van der Waals surface area (Å²) in [5.74, 6) is -4.61. The maximum absolute atomic E-state index is 14.4. The molecule has 0 bridgehead atoms. The molecule has 0 aliphatic carbocycles. The molecule has 2 aliphatic heterocycles. The number of phenols is 1. The monoisotopic (exact) mass is 398 g/mol. The second kappa shape index (κ2) is 6.66. The smallest absolute Gasteiger partial charge is 0.326 e. The van der Waals surface area contributed by atoms with Crippen LogP contribution in [0.5, 0.6) is 5.75 Å². The number of phenolic OH excluding ortho intramolecular Hbond substituents is 1. The van der Waals surface area contributed by atoms with Crippen molar-refractivity contribution in [1.82, 2.24) is 5.32 Å². The average molecular weight is 398 g/mol. The lowest BCUT2D eigenvalue weighted by atomic mass is 9.80. The number of para-hydroxylation sites is 1. The van der Waals surface area contributed by atoms with Crippen LogP contribution in [0, 0.1) is 17.7 Å². The molecule has 2 amide bonds. The summed E-state index contributed by atoms with van der Waals surface area (Å²) in [7, 11) is 1.20. The van der Waals surface area contributed by atoms with Crippen molar-refractivity contribution in [3.8, 4) is 5.75 Å². The Labute approximate surface area is 166 Å². The SMILES string of the molecule is COC(=O)[C@@]1(C)N[C@@H](c2ccc(O)cc2)[C@H]2C(=O)N(c3ccccc3F)C(=O)[C@H]21. The number of anilines is 1. The van der Waals surface area contributed by atoms with Gasteiger partial charge >= 0.3 is 5.97 Å². The fourth-order valence-electron chi connectivity index (χ4n) is 4.38. The number of fused-ring (bicyclic) bond motifs is 1. The van der Waals surface area contributed by atoms with Gasteiger partial charge in [0.2, 0.25) is 11.8 Å². The second-order valence-corrected chi connectivity index (χ2v) is 7.37. The number of methoxy groups -OCH3 is 1. The number of carbonyl (C=O) groups is 3. The van der Waals surface area contributed by atoms with Crippen molar-refractivity contribution in [1.29, 1.82) is 0 Å². The quantitative estimate of drug-likeness (QED) is 0.606. The van der Waals surface area contributed by atoms with Gasteiger partial charge in [-0.1, -0.05) is 24.3 Å². The van der Waals surface area contributed by atoms with Crippen molar-refractivity contribution in [2.45, 2.75) is 18.5 Å². The number of hydrogen-bond acceptors (Lipinski definition) is 6. The van der Waals surface area contributed by atoms with Crippen molar-refractivity contribution in [3.05, 3.63) is 59.9 Å². The third-order valence-electron chi connectivity index (χ3n) is 5.74. The molecule has 2 aromatic carbocycles. The molecule has 2 fully saturated rings. The van der Waals surface area contributed by atoms with Crippen molar-refractivity contribution < 1.29 is 28.6 Å². The first-order valence-corrected chi connectivity index (χ1v) is 9.07. The number of imide groups is 1. The molecule has 29 heavy (non-hydrogen) atoms. The molecular weight excluding hydrogens is 379 g/mol. The maximum Gasteiger partial charge on any atom is 0.326 e. The number of nitrogens with zero attached hydrogens (tertiary/aromatic N) is 1. The summed E-state index contributed by atoms with van der Waals surface area (Å²) in [6.07, 6.45) is 0. The number of rotatable bonds is 3. The van der Waals surface area contributed by atoms with Crippen molar-refractivity contribution in [3.63, 3.8) is 0 Å². The van der Waals surface area contributed by atoms with Gasteiger partial charge in [-0.25, -0.2) is 9.29 Å². The Morgan fingerprint density at radius 1 is 1.14 bits per heavy atom. The van der Waals surface area contributed by atoms with E-state index in [4.69, 9.17) is 4.74 Å². The fourth-order valence-corrected chi connectivity index (χ4v) is 4.38. The van der Waals surface area contributed by atoms with Crippen LogP contribution in [0.2, 0.25) is 0 Å². The van der Waals surface area contributed by atoms with Gasteiger partial charge in [0.05, 0.1) is 24.6 Å². The predicted octanol–water partition coefficient (Wildman–Crippen LogP) is 1.91. The van der Waals surface area contributed by atoms with Crippen LogP contribution in [0.4, 0.5) is 10.1 Å². The summed E-state index contributed by atoms with van der Waals surface area (Å²) in [4.78, 5) is 40.0. The van der Waals surface area contributed by atoms with Gasteiger partial charge in [0.1, 0.15) is 17.1 Å². The zero-order valence-electron chi connectivity index (χ0n) is 15.8. The Morgan fingerprint density at radius 3 is 2.41 bits per heavy atom. The number of nitrogens with one attached hydrogen (secondary N) is 1. The lowest BCUT2D eigenvalue weighted by molar-refractivity contribution is -0.151. The van der Waals surface area contributed by atoms with Gasteiger partial charge in [0.25, 0.3) is 0 Å². The molecule has 4 rings (SSSR count). The molecule has 2 aliphatic rings. The summed E-state index contributed by atoms with van der Waals surface area (Å²) in [6, 6.07) is 10.9. The van der Waals surface area contributed by atoms with E-state index in [9.17, 15) is 23.9 Å². The van der Waals surface area contributed by atoms with Gasteiger partial charge in [-0.15, -0.1) is 0 Å². The summed E-state index contributed by atoms with van der Waals surface area (Å²) in [5.41, 5.74) is -1.01. The van der Waals surface area contributed by atoms with Crippen LogP contribution < -0.4 is 10.2 Å². The molecule has 0 radical (unpaired) electrons. The molecule has 4 atom stereocenters. The minimum absolute atomic E-state index is 0.0424. The van der Waals surface area contributed by atoms with Crippen LogP contribution in [0.3, 0.4) is 0 Å². The van der Waals surface area contributed by atoms with E-state index >= 15 is 0 Å². The molecule has 7 nitrogen and oxygen atoms in total. The summed E-state index contributed by atoms with van der Waals surface area (Å²) in [5, 5.41) is 12.7. The van der Waals surface area contributed by atoms with Gasteiger partial charge in [0.15, 0.2) is 0 Å².